The SMILES string of the molecule is COC(CNCCC(=O)N1CCCC1)OC. The zero-order valence-electron chi connectivity index (χ0n) is 10.2. The van der Waals surface area contributed by atoms with Crippen LogP contribution in [0.15, 0.2) is 0 Å². The summed E-state index contributed by atoms with van der Waals surface area (Å²) in [6, 6.07) is 0. The van der Waals surface area contributed by atoms with Crippen LogP contribution in [0.5, 0.6) is 0 Å². The minimum atomic E-state index is -0.234. The lowest BCUT2D eigenvalue weighted by atomic mass is 10.3. The van der Waals surface area contributed by atoms with E-state index in [0.29, 0.717) is 19.5 Å². The van der Waals surface area contributed by atoms with Gasteiger partial charge in [0.1, 0.15) is 0 Å². The van der Waals surface area contributed by atoms with Crippen molar-refractivity contribution < 1.29 is 14.3 Å². The normalized spacial score (nSPS) is 16.1. The topological polar surface area (TPSA) is 50.8 Å². The first-order valence-electron chi connectivity index (χ1n) is 5.82. The predicted molar refractivity (Wildman–Crippen MR) is 61.1 cm³/mol. The van der Waals surface area contributed by atoms with Crippen molar-refractivity contribution >= 4 is 5.91 Å². The lowest BCUT2D eigenvalue weighted by Crippen LogP contribution is -2.34. The molecule has 0 unspecified atom stereocenters. The van der Waals surface area contributed by atoms with Gasteiger partial charge in [0.05, 0.1) is 0 Å². The Kier molecular flexibility index (Phi) is 6.37. The molecule has 0 aromatic heterocycles. The Morgan fingerprint density at radius 2 is 1.94 bits per heavy atom. The van der Waals surface area contributed by atoms with E-state index in [4.69, 9.17) is 9.47 Å². The minimum Gasteiger partial charge on any atom is -0.355 e. The van der Waals surface area contributed by atoms with Crippen molar-refractivity contribution in [2.45, 2.75) is 25.6 Å². The lowest BCUT2D eigenvalue weighted by molar-refractivity contribution is -0.130. The second kappa shape index (κ2) is 7.60. The summed E-state index contributed by atoms with van der Waals surface area (Å²) in [6.07, 6.45) is 2.62. The molecule has 1 aliphatic heterocycles. The molecule has 0 aromatic rings. The average Bonchev–Trinajstić information content (AvgIpc) is 2.82. The Morgan fingerprint density at radius 1 is 1.31 bits per heavy atom. The van der Waals surface area contributed by atoms with E-state index in [-0.39, 0.29) is 12.2 Å². The van der Waals surface area contributed by atoms with Gasteiger partial charge < -0.3 is 19.7 Å². The fourth-order valence-electron chi connectivity index (χ4n) is 1.80. The van der Waals surface area contributed by atoms with Gasteiger partial charge in [-0.15, -0.1) is 0 Å². The summed E-state index contributed by atoms with van der Waals surface area (Å²) < 4.78 is 10.1. The molecule has 0 atom stereocenters. The maximum absolute atomic E-state index is 11.7. The first-order valence-corrected chi connectivity index (χ1v) is 5.82. The highest BCUT2D eigenvalue weighted by Crippen LogP contribution is 2.08. The van der Waals surface area contributed by atoms with Crippen LogP contribution in [-0.4, -0.2) is 57.5 Å². The molecule has 5 nitrogen and oxygen atoms in total. The van der Waals surface area contributed by atoms with Gasteiger partial charge in [0.25, 0.3) is 0 Å². The number of nitrogens with one attached hydrogen (secondary N) is 1. The number of hydrogen-bond donors (Lipinski definition) is 1. The highest BCUT2D eigenvalue weighted by molar-refractivity contribution is 5.76. The van der Waals surface area contributed by atoms with Crippen LogP contribution in [0.25, 0.3) is 0 Å². The first kappa shape index (κ1) is 13.4. The molecule has 5 heteroatoms. The van der Waals surface area contributed by atoms with E-state index >= 15 is 0 Å². The fraction of sp³-hybridized carbons (Fsp3) is 0.909. The minimum absolute atomic E-state index is 0.234. The van der Waals surface area contributed by atoms with E-state index in [2.05, 4.69) is 5.32 Å². The van der Waals surface area contributed by atoms with Crippen LogP contribution in [0.2, 0.25) is 0 Å². The van der Waals surface area contributed by atoms with E-state index in [1.165, 1.54) is 0 Å². The molecule has 1 amide bonds. The van der Waals surface area contributed by atoms with Crippen molar-refractivity contribution in [3.05, 3.63) is 0 Å². The number of methoxy groups -OCH3 is 2. The number of hydrogen-bond acceptors (Lipinski definition) is 4. The number of rotatable bonds is 7. The fourth-order valence-corrected chi connectivity index (χ4v) is 1.80. The van der Waals surface area contributed by atoms with Gasteiger partial charge in [-0.25, -0.2) is 0 Å². The third kappa shape index (κ3) is 4.47. The molecule has 0 spiro atoms. The number of likely N-dealkylation sites (tertiary alicyclic amines) is 1. The third-order valence-electron chi connectivity index (χ3n) is 2.81. The molecule has 0 radical (unpaired) electrons. The summed E-state index contributed by atoms with van der Waals surface area (Å²) in [7, 11) is 3.20. The van der Waals surface area contributed by atoms with Gasteiger partial charge >= 0.3 is 0 Å². The van der Waals surface area contributed by atoms with Gasteiger partial charge in [0.15, 0.2) is 6.29 Å². The summed E-state index contributed by atoms with van der Waals surface area (Å²) in [5.74, 6) is 0.247. The van der Waals surface area contributed by atoms with Crippen LogP contribution in [-0.2, 0) is 14.3 Å². The molecule has 0 saturated carbocycles. The van der Waals surface area contributed by atoms with Gasteiger partial charge in [0, 0.05) is 46.8 Å². The molecule has 1 fully saturated rings. The lowest BCUT2D eigenvalue weighted by Gasteiger charge is -2.16. The van der Waals surface area contributed by atoms with Crippen LogP contribution in [0.4, 0.5) is 0 Å². The molecule has 1 aliphatic rings. The smallest absolute Gasteiger partial charge is 0.223 e. The van der Waals surface area contributed by atoms with Crippen molar-refractivity contribution in [3.8, 4) is 0 Å². The molecule has 0 bridgehead atoms. The van der Waals surface area contributed by atoms with Gasteiger partial charge in [-0.3, -0.25) is 4.79 Å². The molecule has 0 aromatic carbocycles. The van der Waals surface area contributed by atoms with E-state index in [9.17, 15) is 4.79 Å². The van der Waals surface area contributed by atoms with Crippen LogP contribution < -0.4 is 5.32 Å². The van der Waals surface area contributed by atoms with Crippen molar-refractivity contribution in [2.24, 2.45) is 0 Å². The zero-order valence-corrected chi connectivity index (χ0v) is 10.2. The van der Waals surface area contributed by atoms with Crippen LogP contribution in [0, 0.1) is 0 Å². The van der Waals surface area contributed by atoms with E-state index in [1.807, 2.05) is 4.90 Å². The number of carbonyl (C=O) groups excluding carboxylic acids is 1. The van der Waals surface area contributed by atoms with Crippen molar-refractivity contribution in [1.82, 2.24) is 10.2 Å². The standard InChI is InChI=1S/C11H22N2O3/c1-15-11(16-2)9-12-6-5-10(14)13-7-3-4-8-13/h11-12H,3-9H2,1-2H3. The maximum atomic E-state index is 11.7. The molecule has 1 rings (SSSR count). The monoisotopic (exact) mass is 230 g/mol. The van der Waals surface area contributed by atoms with Gasteiger partial charge in [-0.1, -0.05) is 0 Å². The number of nitrogens with zero attached hydrogens (tertiary/aromatic N) is 1. The van der Waals surface area contributed by atoms with Gasteiger partial charge in [0.2, 0.25) is 5.91 Å². The molecule has 1 saturated heterocycles. The zero-order chi connectivity index (χ0) is 11.8. The highest BCUT2D eigenvalue weighted by atomic mass is 16.7. The van der Waals surface area contributed by atoms with Gasteiger partial charge in [-0.05, 0) is 12.8 Å². The van der Waals surface area contributed by atoms with Crippen LogP contribution in [0.3, 0.4) is 0 Å². The van der Waals surface area contributed by atoms with Crippen LogP contribution >= 0.6 is 0 Å². The maximum Gasteiger partial charge on any atom is 0.223 e. The molecule has 0 aliphatic carbocycles. The Bertz CT molecular complexity index is 201. The van der Waals surface area contributed by atoms with Crippen molar-refractivity contribution in [3.63, 3.8) is 0 Å². The second-order valence-corrected chi connectivity index (χ2v) is 3.94. The number of carbonyl (C=O) groups is 1. The van der Waals surface area contributed by atoms with E-state index in [1.54, 1.807) is 14.2 Å². The molecule has 94 valence electrons. The molecule has 1 N–H and O–H groups in total. The first-order chi connectivity index (χ1) is 7.77. The Hall–Kier alpha value is -0.650. The Morgan fingerprint density at radius 3 is 2.50 bits per heavy atom. The second-order valence-electron chi connectivity index (χ2n) is 3.94. The Labute approximate surface area is 97.1 Å². The number of amides is 1. The molecule has 1 heterocycles. The van der Waals surface area contributed by atoms with Crippen molar-refractivity contribution in [1.29, 1.82) is 0 Å². The van der Waals surface area contributed by atoms with Gasteiger partial charge in [-0.2, -0.15) is 0 Å². The highest BCUT2D eigenvalue weighted by Gasteiger charge is 2.17. The van der Waals surface area contributed by atoms with Crippen molar-refractivity contribution in [2.75, 3.05) is 40.4 Å². The Balaban J connectivity index is 2.03. The average molecular weight is 230 g/mol. The quantitative estimate of drug-likeness (QED) is 0.502. The molecule has 16 heavy (non-hydrogen) atoms. The third-order valence-corrected chi connectivity index (χ3v) is 2.81. The summed E-state index contributed by atoms with van der Waals surface area (Å²) >= 11 is 0. The summed E-state index contributed by atoms with van der Waals surface area (Å²) in [6.45, 7) is 3.15. The molecular formula is C11H22N2O3. The van der Waals surface area contributed by atoms with E-state index < -0.39 is 0 Å². The molecular weight excluding hydrogens is 208 g/mol. The predicted octanol–water partition coefficient (Wildman–Crippen LogP) is 0.207. The summed E-state index contributed by atoms with van der Waals surface area (Å²) in [5.41, 5.74) is 0. The summed E-state index contributed by atoms with van der Waals surface area (Å²) in [4.78, 5) is 13.6. The largest absolute Gasteiger partial charge is 0.355 e. The van der Waals surface area contributed by atoms with E-state index in [0.717, 1.165) is 25.9 Å². The van der Waals surface area contributed by atoms with Crippen LogP contribution in [0.1, 0.15) is 19.3 Å². The summed E-state index contributed by atoms with van der Waals surface area (Å²) in [5, 5.41) is 3.14. The number of ether oxygens (including phenoxy) is 2.